The molecule has 0 bridgehead atoms. The molecule has 0 aromatic heterocycles. The van der Waals surface area contributed by atoms with Crippen molar-refractivity contribution in [3.05, 3.63) is 29.6 Å². The van der Waals surface area contributed by atoms with Crippen molar-refractivity contribution < 1.29 is 21.6 Å². The van der Waals surface area contributed by atoms with Gasteiger partial charge in [-0.3, -0.25) is 0 Å². The molecule has 0 aliphatic rings. The Morgan fingerprint density at radius 2 is 1.80 bits per heavy atom. The van der Waals surface area contributed by atoms with Crippen LogP contribution in [0.25, 0.3) is 0 Å². The fraction of sp³-hybridized carbons (Fsp3) is 0.500. The zero-order valence-electron chi connectivity index (χ0n) is 11.4. The van der Waals surface area contributed by atoms with Crippen LogP contribution >= 0.6 is 0 Å². The van der Waals surface area contributed by atoms with Gasteiger partial charge in [0.25, 0.3) is 0 Å². The first-order chi connectivity index (χ1) is 9.05. The smallest absolute Gasteiger partial charge is 0.244 e. The molecule has 0 heterocycles. The van der Waals surface area contributed by atoms with E-state index in [4.69, 9.17) is 5.73 Å². The molecule has 0 saturated carbocycles. The molecule has 1 aromatic rings. The fourth-order valence-corrected chi connectivity index (χ4v) is 3.09. The van der Waals surface area contributed by atoms with Crippen molar-refractivity contribution >= 4 is 10.0 Å². The lowest BCUT2D eigenvalue weighted by Crippen LogP contribution is -2.54. The second-order valence-corrected chi connectivity index (χ2v) is 6.71. The predicted molar refractivity (Wildman–Crippen MR) is 68.9 cm³/mol. The zero-order chi connectivity index (χ0) is 15.7. The molecule has 0 saturated heterocycles. The van der Waals surface area contributed by atoms with Crippen LogP contribution in [0, 0.1) is 23.4 Å². The molecule has 0 radical (unpaired) electrons. The van der Waals surface area contributed by atoms with Crippen LogP contribution in [0.2, 0.25) is 0 Å². The van der Waals surface area contributed by atoms with Crippen LogP contribution in [0.1, 0.15) is 20.8 Å². The summed E-state index contributed by atoms with van der Waals surface area (Å²) in [5.74, 6) is -5.21. The zero-order valence-corrected chi connectivity index (χ0v) is 12.2. The van der Waals surface area contributed by atoms with Crippen molar-refractivity contribution in [3.8, 4) is 0 Å². The summed E-state index contributed by atoms with van der Waals surface area (Å²) in [6, 6.07) is 1.23. The second kappa shape index (κ2) is 5.71. The van der Waals surface area contributed by atoms with E-state index in [1.807, 2.05) is 0 Å². The molecule has 0 aliphatic heterocycles. The van der Waals surface area contributed by atoms with E-state index in [9.17, 15) is 21.6 Å². The first-order valence-corrected chi connectivity index (χ1v) is 7.41. The number of nitrogens with one attached hydrogen (secondary N) is 1. The van der Waals surface area contributed by atoms with Crippen LogP contribution < -0.4 is 10.5 Å². The van der Waals surface area contributed by atoms with Crippen molar-refractivity contribution in [2.45, 2.75) is 31.2 Å². The van der Waals surface area contributed by atoms with Crippen LogP contribution in [0.5, 0.6) is 0 Å². The van der Waals surface area contributed by atoms with E-state index in [2.05, 4.69) is 4.72 Å². The largest absolute Gasteiger partial charge is 0.329 e. The molecule has 3 N–H and O–H groups in total. The Bertz CT molecular complexity index is 605. The Morgan fingerprint density at radius 3 is 2.25 bits per heavy atom. The lowest BCUT2D eigenvalue weighted by atomic mass is 9.90. The highest BCUT2D eigenvalue weighted by molar-refractivity contribution is 7.89. The van der Waals surface area contributed by atoms with Gasteiger partial charge in [-0.15, -0.1) is 0 Å². The Kier molecular flexibility index (Phi) is 4.83. The van der Waals surface area contributed by atoms with Gasteiger partial charge in [-0.05, 0) is 25.0 Å². The lowest BCUT2D eigenvalue weighted by Gasteiger charge is -2.33. The van der Waals surface area contributed by atoms with Gasteiger partial charge in [0.15, 0.2) is 17.5 Å². The monoisotopic (exact) mass is 310 g/mol. The topological polar surface area (TPSA) is 72.2 Å². The average Bonchev–Trinajstić information content (AvgIpc) is 2.34. The minimum absolute atomic E-state index is 0.0325. The van der Waals surface area contributed by atoms with Crippen LogP contribution in [0.3, 0.4) is 0 Å². The highest BCUT2D eigenvalue weighted by atomic mass is 32.2. The molecule has 4 nitrogen and oxygen atoms in total. The summed E-state index contributed by atoms with van der Waals surface area (Å²) >= 11 is 0. The number of halogens is 3. The molecule has 0 aliphatic carbocycles. The van der Waals surface area contributed by atoms with Crippen LogP contribution in [-0.4, -0.2) is 20.5 Å². The molecular formula is C12H17F3N2O2S. The quantitative estimate of drug-likeness (QED) is 0.814. The minimum Gasteiger partial charge on any atom is -0.329 e. The maximum atomic E-state index is 13.6. The molecule has 8 heteroatoms. The summed E-state index contributed by atoms with van der Waals surface area (Å²) in [5, 5.41) is 0. The third-order valence-electron chi connectivity index (χ3n) is 3.36. The number of hydrogen-bond donors (Lipinski definition) is 2. The van der Waals surface area contributed by atoms with Gasteiger partial charge in [-0.25, -0.2) is 26.3 Å². The van der Waals surface area contributed by atoms with Gasteiger partial charge < -0.3 is 5.73 Å². The number of hydrogen-bond acceptors (Lipinski definition) is 3. The highest BCUT2D eigenvalue weighted by Gasteiger charge is 2.34. The van der Waals surface area contributed by atoms with Gasteiger partial charge in [0.05, 0.1) is 0 Å². The summed E-state index contributed by atoms with van der Waals surface area (Å²) in [6.45, 7) is 4.98. The third-order valence-corrected chi connectivity index (χ3v) is 4.98. The van der Waals surface area contributed by atoms with Gasteiger partial charge in [-0.2, -0.15) is 0 Å². The SMILES string of the molecule is CC(C)C(C)(CN)NS(=O)(=O)c1ccc(F)c(F)c1F. The van der Waals surface area contributed by atoms with Crippen LogP contribution in [0.4, 0.5) is 13.2 Å². The molecule has 114 valence electrons. The maximum absolute atomic E-state index is 13.6. The Hall–Kier alpha value is -1.12. The maximum Gasteiger partial charge on any atom is 0.244 e. The van der Waals surface area contributed by atoms with Gasteiger partial charge in [0, 0.05) is 12.1 Å². The first-order valence-electron chi connectivity index (χ1n) is 5.92. The van der Waals surface area contributed by atoms with Gasteiger partial charge in [0.2, 0.25) is 10.0 Å². The molecule has 1 atom stereocenters. The summed E-state index contributed by atoms with van der Waals surface area (Å²) in [7, 11) is -4.36. The van der Waals surface area contributed by atoms with Crippen LogP contribution in [-0.2, 0) is 10.0 Å². The van der Waals surface area contributed by atoms with Gasteiger partial charge in [-0.1, -0.05) is 13.8 Å². The first kappa shape index (κ1) is 16.9. The lowest BCUT2D eigenvalue weighted by molar-refractivity contribution is 0.314. The van der Waals surface area contributed by atoms with E-state index >= 15 is 0 Å². The standard InChI is InChI=1S/C12H17F3N2O2S/c1-7(2)12(3,6-16)17-20(18,19)9-5-4-8(13)10(14)11(9)15/h4-5,7,17H,6,16H2,1-3H3. The number of nitrogens with two attached hydrogens (primary N) is 1. The predicted octanol–water partition coefficient (Wildman–Crippen LogP) is 1.76. The fourth-order valence-electron chi connectivity index (χ4n) is 1.47. The number of benzene rings is 1. The summed E-state index contributed by atoms with van der Waals surface area (Å²) in [6.07, 6.45) is 0. The molecule has 0 spiro atoms. The van der Waals surface area contributed by atoms with Crippen molar-refractivity contribution in [3.63, 3.8) is 0 Å². The van der Waals surface area contributed by atoms with Crippen molar-refractivity contribution in [2.75, 3.05) is 6.54 Å². The van der Waals surface area contributed by atoms with E-state index in [1.165, 1.54) is 0 Å². The summed E-state index contributed by atoms with van der Waals surface area (Å²) in [5.41, 5.74) is 4.50. The van der Waals surface area contributed by atoms with Crippen molar-refractivity contribution in [2.24, 2.45) is 11.7 Å². The highest BCUT2D eigenvalue weighted by Crippen LogP contribution is 2.23. The van der Waals surface area contributed by atoms with Gasteiger partial charge >= 0.3 is 0 Å². The molecule has 20 heavy (non-hydrogen) atoms. The molecule has 0 fully saturated rings. The Balaban J connectivity index is 3.29. The molecule has 1 aromatic carbocycles. The number of sulfonamides is 1. The van der Waals surface area contributed by atoms with Crippen LogP contribution in [0.15, 0.2) is 17.0 Å². The Labute approximate surface area is 116 Å². The third kappa shape index (κ3) is 3.13. The summed E-state index contributed by atoms with van der Waals surface area (Å²) in [4.78, 5) is -0.947. The van der Waals surface area contributed by atoms with E-state index < -0.39 is 37.9 Å². The minimum atomic E-state index is -4.36. The second-order valence-electron chi connectivity index (χ2n) is 5.06. The molecule has 0 amide bonds. The summed E-state index contributed by atoms with van der Waals surface area (Å²) < 4.78 is 66.0. The van der Waals surface area contributed by atoms with Crippen molar-refractivity contribution in [1.82, 2.24) is 4.72 Å². The Morgan fingerprint density at radius 1 is 1.25 bits per heavy atom. The van der Waals surface area contributed by atoms with E-state index in [-0.39, 0.29) is 12.5 Å². The average molecular weight is 310 g/mol. The molecule has 1 unspecified atom stereocenters. The van der Waals surface area contributed by atoms with E-state index in [0.29, 0.717) is 12.1 Å². The molecular weight excluding hydrogens is 293 g/mol. The number of rotatable bonds is 5. The van der Waals surface area contributed by atoms with Gasteiger partial charge in [0.1, 0.15) is 4.90 Å². The normalized spacial score (nSPS) is 15.4. The van der Waals surface area contributed by atoms with Crippen molar-refractivity contribution in [1.29, 1.82) is 0 Å². The van der Waals surface area contributed by atoms with E-state index in [1.54, 1.807) is 20.8 Å². The van der Waals surface area contributed by atoms with E-state index in [0.717, 1.165) is 0 Å². The molecule has 1 rings (SSSR count).